The lowest BCUT2D eigenvalue weighted by molar-refractivity contribution is -0.118. The first-order valence-electron chi connectivity index (χ1n) is 9.48. The average Bonchev–Trinajstić information content (AvgIpc) is 2.71. The first-order valence-corrected chi connectivity index (χ1v) is 16.3. The zero-order valence-electron chi connectivity index (χ0n) is 19.2. The topological polar surface area (TPSA) is 101 Å². The zero-order valence-corrected chi connectivity index (χ0v) is 23.5. The lowest BCUT2D eigenvalue weighted by Gasteiger charge is -2.20. The molecule has 0 spiro atoms. The summed E-state index contributed by atoms with van der Waals surface area (Å²) in [5.41, 5.74) is -1.42. The number of nitrogens with zero attached hydrogens (tertiary/aromatic N) is 2. The van der Waals surface area contributed by atoms with Crippen molar-refractivity contribution in [2.45, 2.75) is 40.5 Å². The van der Waals surface area contributed by atoms with Crippen molar-refractivity contribution >= 4 is 53.3 Å². The number of nitrogens with one attached hydrogen (secondary N) is 1. The fraction of sp³-hybridized carbons (Fsp3) is 0.706. The van der Waals surface area contributed by atoms with Gasteiger partial charge in [0, 0.05) is 50.8 Å². The third-order valence-electron chi connectivity index (χ3n) is 3.22. The molecule has 1 aromatic rings. The second-order valence-electron chi connectivity index (χ2n) is 5.99. The molecule has 0 aliphatic carbocycles. The van der Waals surface area contributed by atoms with E-state index in [1.807, 2.05) is 34.6 Å². The summed E-state index contributed by atoms with van der Waals surface area (Å²) >= 11 is 11.6. The summed E-state index contributed by atoms with van der Waals surface area (Å²) in [5, 5.41) is 2.49. The zero-order chi connectivity index (χ0) is 24.1. The number of carbonyl (C=O) groups is 1. The van der Waals surface area contributed by atoms with E-state index in [4.69, 9.17) is 46.2 Å². The van der Waals surface area contributed by atoms with Crippen LogP contribution in [0.25, 0.3) is 0 Å². The van der Waals surface area contributed by atoms with Gasteiger partial charge < -0.3 is 18.9 Å². The van der Waals surface area contributed by atoms with Crippen LogP contribution in [-0.4, -0.2) is 56.1 Å². The molecule has 9 nitrogen and oxygen atoms in total. The number of amides is 1. The highest BCUT2D eigenvalue weighted by atomic mass is 32.9. The van der Waals surface area contributed by atoms with Crippen LogP contribution in [0.2, 0.25) is 0 Å². The molecule has 0 radical (unpaired) electrons. The summed E-state index contributed by atoms with van der Waals surface area (Å²) in [4.78, 5) is 19.5. The SMILES string of the molecule is CCOP(=S)(OCC)Oc1cc(C)nc(C(C)C)n1.CNC(=O)CSP(=S)(OC)OC. The molecule has 1 rings (SSSR count). The second kappa shape index (κ2) is 15.6. The molecular formula is C17H33N3O6P2S3. The van der Waals surface area contributed by atoms with E-state index in [-0.39, 0.29) is 17.6 Å². The molecule has 1 N–H and O–H groups in total. The van der Waals surface area contributed by atoms with Crippen molar-refractivity contribution in [2.24, 2.45) is 0 Å². The standard InChI is InChI=1S/C12H21N2O3PS.C5H12NO3PS2/c1-6-15-18(19,16-7-2)17-11-8-10(5)13-12(14-11)9(3)4;1-6-5(7)4-12-10(11,8-2)9-3/h8-9H,6-7H2,1-5H3;4H2,1-3H3,(H,6,7). The Hall–Kier alpha value is -0.160. The molecule has 0 fully saturated rings. The third kappa shape index (κ3) is 12.6. The molecule has 1 amide bonds. The van der Waals surface area contributed by atoms with Crippen LogP contribution < -0.4 is 9.84 Å². The molecule has 0 saturated heterocycles. The van der Waals surface area contributed by atoms with Gasteiger partial charge in [-0.15, -0.1) is 0 Å². The third-order valence-corrected chi connectivity index (χ3v) is 11.3. The number of aryl methyl sites for hydroxylation is 1. The van der Waals surface area contributed by atoms with E-state index in [1.54, 1.807) is 13.1 Å². The maximum atomic E-state index is 10.8. The van der Waals surface area contributed by atoms with Gasteiger partial charge in [0.1, 0.15) is 5.82 Å². The Bertz CT molecular complexity index is 767. The summed E-state index contributed by atoms with van der Waals surface area (Å²) < 4.78 is 26.5. The van der Waals surface area contributed by atoms with E-state index in [1.165, 1.54) is 25.6 Å². The lowest BCUT2D eigenvalue weighted by atomic mass is 10.2. The molecule has 1 heterocycles. The van der Waals surface area contributed by atoms with Crippen molar-refractivity contribution in [3.05, 3.63) is 17.6 Å². The molecule has 0 bridgehead atoms. The highest BCUT2D eigenvalue weighted by molar-refractivity contribution is 8.68. The van der Waals surface area contributed by atoms with Crippen molar-refractivity contribution in [1.82, 2.24) is 15.3 Å². The fourth-order valence-corrected chi connectivity index (χ4v) is 6.49. The summed E-state index contributed by atoms with van der Waals surface area (Å²) in [5.74, 6) is 1.56. The highest BCUT2D eigenvalue weighted by Crippen LogP contribution is 2.59. The van der Waals surface area contributed by atoms with Crippen LogP contribution >= 0.6 is 23.8 Å². The molecule has 0 aromatic carbocycles. The Morgan fingerprint density at radius 1 is 1.16 bits per heavy atom. The molecule has 180 valence electrons. The number of hydrogen-bond donors (Lipinski definition) is 1. The van der Waals surface area contributed by atoms with E-state index in [0.29, 0.717) is 19.1 Å². The maximum Gasteiger partial charge on any atom is 0.381 e. The predicted molar refractivity (Wildman–Crippen MR) is 134 cm³/mol. The van der Waals surface area contributed by atoms with Gasteiger partial charge >= 0.3 is 6.72 Å². The highest BCUT2D eigenvalue weighted by Gasteiger charge is 2.23. The number of aromatic nitrogens is 2. The van der Waals surface area contributed by atoms with E-state index in [9.17, 15) is 4.79 Å². The Balaban J connectivity index is 0.000000649. The van der Waals surface area contributed by atoms with Gasteiger partial charge in [-0.25, -0.2) is 4.98 Å². The van der Waals surface area contributed by atoms with Crippen LogP contribution in [0.1, 0.15) is 45.1 Å². The molecule has 0 aliphatic rings. The number of hydrogen-bond acceptors (Lipinski definition) is 11. The van der Waals surface area contributed by atoms with E-state index < -0.39 is 12.4 Å². The van der Waals surface area contributed by atoms with Crippen LogP contribution in [0.4, 0.5) is 0 Å². The second-order valence-corrected chi connectivity index (χ2v) is 15.5. The quantitative estimate of drug-likeness (QED) is 0.383. The molecule has 14 heteroatoms. The molecule has 0 saturated carbocycles. The first kappa shape index (κ1) is 30.8. The van der Waals surface area contributed by atoms with Crippen molar-refractivity contribution in [3.8, 4) is 5.88 Å². The monoisotopic (exact) mass is 533 g/mol. The van der Waals surface area contributed by atoms with E-state index >= 15 is 0 Å². The summed E-state index contributed by atoms with van der Waals surface area (Å²) in [7, 11) is 4.55. The minimum Gasteiger partial charge on any atom is -0.406 e. The van der Waals surface area contributed by atoms with Crippen molar-refractivity contribution in [3.63, 3.8) is 0 Å². The van der Waals surface area contributed by atoms with E-state index in [2.05, 4.69) is 15.3 Å². The van der Waals surface area contributed by atoms with Gasteiger partial charge in [0.25, 0.3) is 0 Å². The predicted octanol–water partition coefficient (Wildman–Crippen LogP) is 4.57. The van der Waals surface area contributed by atoms with Gasteiger partial charge in [-0.2, -0.15) is 4.98 Å². The van der Waals surface area contributed by atoms with Gasteiger partial charge in [0.2, 0.25) is 17.5 Å². The fourth-order valence-electron chi connectivity index (χ4n) is 1.78. The molecule has 0 aliphatic heterocycles. The minimum atomic E-state index is -2.77. The smallest absolute Gasteiger partial charge is 0.381 e. The summed E-state index contributed by atoms with van der Waals surface area (Å²) in [6.45, 7) is 7.78. The normalized spacial score (nSPS) is 11.6. The number of rotatable bonds is 12. The molecule has 31 heavy (non-hydrogen) atoms. The summed E-state index contributed by atoms with van der Waals surface area (Å²) in [6, 6.07) is 1.74. The molecule has 0 unspecified atom stereocenters. The first-order chi connectivity index (χ1) is 14.5. The molecule has 0 atom stereocenters. The average molecular weight is 534 g/mol. The van der Waals surface area contributed by atoms with Gasteiger partial charge in [0.05, 0.1) is 19.0 Å². The largest absolute Gasteiger partial charge is 0.406 e. The van der Waals surface area contributed by atoms with Crippen LogP contribution in [0.5, 0.6) is 5.88 Å². The van der Waals surface area contributed by atoms with Crippen molar-refractivity contribution in [1.29, 1.82) is 0 Å². The van der Waals surface area contributed by atoms with Crippen LogP contribution in [0, 0.1) is 6.92 Å². The molecular weight excluding hydrogens is 500 g/mol. The van der Waals surface area contributed by atoms with Gasteiger partial charge in [-0.1, -0.05) is 25.2 Å². The van der Waals surface area contributed by atoms with Gasteiger partial charge in [-0.3, -0.25) is 13.8 Å². The van der Waals surface area contributed by atoms with Crippen LogP contribution in [0.15, 0.2) is 6.07 Å². The minimum absolute atomic E-state index is 0.0803. The number of carbonyl (C=O) groups excluding carboxylic acids is 1. The van der Waals surface area contributed by atoms with Crippen LogP contribution in [0.3, 0.4) is 0 Å². The summed E-state index contributed by atoms with van der Waals surface area (Å²) in [6.07, 6.45) is 0. The Labute approximate surface area is 199 Å². The van der Waals surface area contributed by atoms with Gasteiger partial charge in [0.15, 0.2) is 0 Å². The molecule has 1 aromatic heterocycles. The van der Waals surface area contributed by atoms with Crippen molar-refractivity contribution < 1.29 is 27.4 Å². The van der Waals surface area contributed by atoms with E-state index in [0.717, 1.165) is 11.5 Å². The lowest BCUT2D eigenvalue weighted by Crippen LogP contribution is -2.19. The Kier molecular flexibility index (Phi) is 15.6. The van der Waals surface area contributed by atoms with Gasteiger partial charge in [-0.05, 0) is 32.6 Å². The maximum absolute atomic E-state index is 10.8. The van der Waals surface area contributed by atoms with Crippen LogP contribution in [-0.2, 0) is 46.5 Å². The Morgan fingerprint density at radius 3 is 2.13 bits per heavy atom. The van der Waals surface area contributed by atoms with Crippen molar-refractivity contribution in [2.75, 3.05) is 40.2 Å². The Morgan fingerprint density at radius 2 is 1.71 bits per heavy atom.